The first kappa shape index (κ1) is 13.2. The number of nitrogens with one attached hydrogen (secondary N) is 1. The first-order valence-corrected chi connectivity index (χ1v) is 5.90. The van der Waals surface area contributed by atoms with E-state index in [4.69, 9.17) is 4.74 Å². The molecule has 1 heterocycles. The fourth-order valence-electron chi connectivity index (χ4n) is 1.91. The van der Waals surface area contributed by atoms with Gasteiger partial charge in [-0.3, -0.25) is 0 Å². The maximum Gasteiger partial charge on any atom is 0.125 e. The van der Waals surface area contributed by atoms with Crippen LogP contribution in [0.1, 0.15) is 32.1 Å². The van der Waals surface area contributed by atoms with Crippen LogP contribution in [0.2, 0.25) is 0 Å². The van der Waals surface area contributed by atoms with Crippen molar-refractivity contribution in [2.75, 3.05) is 20.3 Å². The summed E-state index contributed by atoms with van der Waals surface area (Å²) in [6.07, 6.45) is 4.88. The number of methoxy groups -OCH3 is 1. The van der Waals surface area contributed by atoms with Gasteiger partial charge in [-0.05, 0) is 18.9 Å². The standard InChI is InChI=1S/C12H23N3O/c1-5-13-11(10(2)6-9-16-4)12-14-7-8-15(12)3/h7-8,10-11,13H,5-6,9H2,1-4H3. The van der Waals surface area contributed by atoms with Crippen molar-refractivity contribution in [2.24, 2.45) is 13.0 Å². The summed E-state index contributed by atoms with van der Waals surface area (Å²) in [6, 6.07) is 0.306. The average Bonchev–Trinajstić information content (AvgIpc) is 2.69. The minimum Gasteiger partial charge on any atom is -0.385 e. The molecule has 1 N–H and O–H groups in total. The summed E-state index contributed by atoms with van der Waals surface area (Å²) in [4.78, 5) is 4.42. The molecule has 1 rings (SSSR count). The smallest absolute Gasteiger partial charge is 0.125 e. The van der Waals surface area contributed by atoms with Crippen molar-refractivity contribution in [2.45, 2.75) is 26.3 Å². The van der Waals surface area contributed by atoms with Gasteiger partial charge in [-0.2, -0.15) is 0 Å². The largest absolute Gasteiger partial charge is 0.385 e. The van der Waals surface area contributed by atoms with Crippen LogP contribution in [0.5, 0.6) is 0 Å². The van der Waals surface area contributed by atoms with Gasteiger partial charge in [-0.15, -0.1) is 0 Å². The van der Waals surface area contributed by atoms with E-state index in [-0.39, 0.29) is 0 Å². The molecule has 0 saturated carbocycles. The van der Waals surface area contributed by atoms with Crippen molar-refractivity contribution in [3.63, 3.8) is 0 Å². The summed E-state index contributed by atoms with van der Waals surface area (Å²) in [7, 11) is 3.78. The number of nitrogens with zero attached hydrogens (tertiary/aromatic N) is 2. The molecule has 0 bridgehead atoms. The summed E-state index contributed by atoms with van der Waals surface area (Å²) in [5, 5.41) is 3.50. The van der Waals surface area contributed by atoms with E-state index in [1.165, 1.54) is 0 Å². The lowest BCUT2D eigenvalue weighted by atomic mass is 9.98. The maximum atomic E-state index is 5.13. The number of rotatable bonds is 7. The van der Waals surface area contributed by atoms with Gasteiger partial charge in [0.1, 0.15) is 5.82 Å². The maximum absolute atomic E-state index is 5.13. The van der Waals surface area contributed by atoms with Crippen LogP contribution in [-0.2, 0) is 11.8 Å². The van der Waals surface area contributed by atoms with E-state index in [9.17, 15) is 0 Å². The van der Waals surface area contributed by atoms with Crippen LogP contribution < -0.4 is 5.32 Å². The fraction of sp³-hybridized carbons (Fsp3) is 0.750. The molecule has 0 saturated heterocycles. The monoisotopic (exact) mass is 225 g/mol. The van der Waals surface area contributed by atoms with Crippen molar-refractivity contribution < 1.29 is 4.74 Å². The van der Waals surface area contributed by atoms with Crippen molar-refractivity contribution in [3.8, 4) is 0 Å². The molecule has 0 aromatic carbocycles. The van der Waals surface area contributed by atoms with Crippen molar-refractivity contribution in [1.82, 2.24) is 14.9 Å². The molecule has 1 aromatic heterocycles. The normalized spacial score (nSPS) is 15.0. The van der Waals surface area contributed by atoms with Crippen molar-refractivity contribution >= 4 is 0 Å². The van der Waals surface area contributed by atoms with Gasteiger partial charge in [0.25, 0.3) is 0 Å². The molecule has 2 unspecified atom stereocenters. The molecule has 0 aliphatic rings. The SMILES string of the molecule is CCNC(c1nccn1C)C(C)CCOC. The number of imidazole rings is 1. The second-order valence-corrected chi connectivity index (χ2v) is 4.19. The molecule has 0 fully saturated rings. The molecule has 16 heavy (non-hydrogen) atoms. The van der Waals surface area contributed by atoms with E-state index in [0.29, 0.717) is 12.0 Å². The van der Waals surface area contributed by atoms with Gasteiger partial charge in [0, 0.05) is 33.2 Å². The van der Waals surface area contributed by atoms with Crippen LogP contribution in [0, 0.1) is 5.92 Å². The topological polar surface area (TPSA) is 39.1 Å². The first-order chi connectivity index (χ1) is 7.70. The Labute approximate surface area is 98.0 Å². The molecule has 0 amide bonds. The Bertz CT molecular complexity index is 298. The highest BCUT2D eigenvalue weighted by molar-refractivity contribution is 5.00. The molecule has 4 heteroatoms. The molecule has 2 atom stereocenters. The molecule has 0 aliphatic heterocycles. The first-order valence-electron chi connectivity index (χ1n) is 5.90. The molecule has 92 valence electrons. The lowest BCUT2D eigenvalue weighted by Gasteiger charge is -2.24. The quantitative estimate of drug-likeness (QED) is 0.768. The van der Waals surface area contributed by atoms with Gasteiger partial charge in [0.05, 0.1) is 6.04 Å². The van der Waals surface area contributed by atoms with Gasteiger partial charge in [-0.25, -0.2) is 4.98 Å². The molecule has 4 nitrogen and oxygen atoms in total. The molecule has 0 aliphatic carbocycles. The Hall–Kier alpha value is -0.870. The van der Waals surface area contributed by atoms with Gasteiger partial charge < -0.3 is 14.6 Å². The highest BCUT2D eigenvalue weighted by Gasteiger charge is 2.21. The van der Waals surface area contributed by atoms with Crippen LogP contribution in [0.25, 0.3) is 0 Å². The van der Waals surface area contributed by atoms with Crippen molar-refractivity contribution in [3.05, 3.63) is 18.2 Å². The van der Waals surface area contributed by atoms with Crippen LogP contribution in [-0.4, -0.2) is 29.8 Å². The average molecular weight is 225 g/mol. The van der Waals surface area contributed by atoms with Gasteiger partial charge in [0.15, 0.2) is 0 Å². The summed E-state index contributed by atoms with van der Waals surface area (Å²) in [5.41, 5.74) is 0. The number of aryl methyl sites for hydroxylation is 1. The Morgan fingerprint density at radius 1 is 1.56 bits per heavy atom. The predicted octanol–water partition coefficient (Wildman–Crippen LogP) is 1.74. The molecular formula is C12H23N3O. The highest BCUT2D eigenvalue weighted by Crippen LogP contribution is 2.22. The number of aromatic nitrogens is 2. The Kier molecular flexibility index (Phi) is 5.49. The molecule has 0 spiro atoms. The van der Waals surface area contributed by atoms with Gasteiger partial charge in [0.2, 0.25) is 0 Å². The van der Waals surface area contributed by atoms with E-state index in [1.807, 2.05) is 19.4 Å². The summed E-state index contributed by atoms with van der Waals surface area (Å²) < 4.78 is 7.21. The zero-order valence-corrected chi connectivity index (χ0v) is 10.7. The third kappa shape index (κ3) is 3.32. The third-order valence-corrected chi connectivity index (χ3v) is 2.91. The van der Waals surface area contributed by atoms with Crippen molar-refractivity contribution in [1.29, 1.82) is 0 Å². The van der Waals surface area contributed by atoms with E-state index in [2.05, 4.69) is 28.7 Å². The predicted molar refractivity (Wildman–Crippen MR) is 65.3 cm³/mol. The van der Waals surface area contributed by atoms with Gasteiger partial charge >= 0.3 is 0 Å². The number of hydrogen-bond acceptors (Lipinski definition) is 3. The number of ether oxygens (including phenoxy) is 1. The second kappa shape index (κ2) is 6.66. The van der Waals surface area contributed by atoms with Gasteiger partial charge in [-0.1, -0.05) is 13.8 Å². The van der Waals surface area contributed by atoms with E-state index in [1.54, 1.807) is 7.11 Å². The van der Waals surface area contributed by atoms with Crippen LogP contribution >= 0.6 is 0 Å². The third-order valence-electron chi connectivity index (χ3n) is 2.91. The highest BCUT2D eigenvalue weighted by atomic mass is 16.5. The molecular weight excluding hydrogens is 202 g/mol. The minimum absolute atomic E-state index is 0.306. The molecule has 1 aromatic rings. The number of hydrogen-bond donors (Lipinski definition) is 1. The zero-order valence-electron chi connectivity index (χ0n) is 10.7. The summed E-state index contributed by atoms with van der Waals surface area (Å²) in [5.74, 6) is 1.62. The van der Waals surface area contributed by atoms with Crippen LogP contribution in [0.15, 0.2) is 12.4 Å². The Balaban J connectivity index is 2.70. The summed E-state index contributed by atoms with van der Waals surface area (Å²) >= 11 is 0. The van der Waals surface area contributed by atoms with E-state index < -0.39 is 0 Å². The van der Waals surface area contributed by atoms with E-state index in [0.717, 1.165) is 25.4 Å². The van der Waals surface area contributed by atoms with Crippen LogP contribution in [0.3, 0.4) is 0 Å². The lowest BCUT2D eigenvalue weighted by molar-refractivity contribution is 0.169. The lowest BCUT2D eigenvalue weighted by Crippen LogP contribution is -2.29. The van der Waals surface area contributed by atoms with E-state index >= 15 is 0 Å². The second-order valence-electron chi connectivity index (χ2n) is 4.19. The molecule has 0 radical (unpaired) electrons. The summed E-state index contributed by atoms with van der Waals surface area (Å²) in [6.45, 7) is 6.11. The zero-order chi connectivity index (χ0) is 12.0. The Morgan fingerprint density at radius 3 is 2.81 bits per heavy atom. The minimum atomic E-state index is 0.306. The fourth-order valence-corrected chi connectivity index (χ4v) is 1.91. The Morgan fingerprint density at radius 2 is 2.31 bits per heavy atom. The van der Waals surface area contributed by atoms with Crippen LogP contribution in [0.4, 0.5) is 0 Å².